The highest BCUT2D eigenvalue weighted by molar-refractivity contribution is 7.91. The van der Waals surface area contributed by atoms with Crippen LogP contribution in [0.1, 0.15) is 31.7 Å². The Balaban J connectivity index is 1.98. The van der Waals surface area contributed by atoms with Crippen LogP contribution in [-0.4, -0.2) is 43.0 Å². The topological polar surface area (TPSA) is 49.4 Å². The molecular weight excluding hydrogens is 304 g/mol. The number of hydrogen-bond acceptors (Lipinski definition) is 3. The quantitative estimate of drug-likeness (QED) is 0.865. The first-order chi connectivity index (χ1) is 9.78. The Hall–Kier alpha value is -1.14. The van der Waals surface area contributed by atoms with Crippen LogP contribution in [-0.2, 0) is 9.84 Å². The lowest BCUT2D eigenvalue weighted by atomic mass is 10.0. The maximum Gasteiger partial charge on any atom is 0.173 e. The SMILES string of the molecule is CC(C)c1ccc(NC(=S)N(C)[C@H]2CCS(=O)(=O)C2)cc1. The van der Waals surface area contributed by atoms with Crippen molar-refractivity contribution in [3.8, 4) is 0 Å². The Kier molecular flexibility index (Phi) is 4.88. The van der Waals surface area contributed by atoms with E-state index in [1.54, 1.807) is 0 Å². The molecular formula is C15H22N2O2S2. The standard InChI is InChI=1S/C15H22N2O2S2/c1-11(2)12-4-6-13(7-5-12)16-15(20)17(3)14-8-9-21(18,19)10-14/h4-7,11,14H,8-10H2,1-3H3,(H,16,20)/t14-/m0/s1. The average Bonchev–Trinajstić information content (AvgIpc) is 2.78. The van der Waals surface area contributed by atoms with Gasteiger partial charge in [-0.25, -0.2) is 8.42 Å². The molecule has 1 aromatic carbocycles. The normalized spacial score (nSPS) is 20.5. The highest BCUT2D eigenvalue weighted by Gasteiger charge is 2.31. The molecule has 1 aliphatic heterocycles. The predicted octanol–water partition coefficient (Wildman–Crippen LogP) is 2.63. The molecule has 2 rings (SSSR count). The van der Waals surface area contributed by atoms with Crippen LogP contribution in [0.15, 0.2) is 24.3 Å². The van der Waals surface area contributed by atoms with Crippen molar-refractivity contribution in [1.82, 2.24) is 4.90 Å². The second kappa shape index (κ2) is 6.32. The van der Waals surface area contributed by atoms with Gasteiger partial charge in [0.15, 0.2) is 14.9 Å². The molecule has 1 aliphatic rings. The van der Waals surface area contributed by atoms with Gasteiger partial charge < -0.3 is 10.2 Å². The monoisotopic (exact) mass is 326 g/mol. The van der Waals surface area contributed by atoms with Gasteiger partial charge in [-0.2, -0.15) is 0 Å². The van der Waals surface area contributed by atoms with Gasteiger partial charge in [-0.15, -0.1) is 0 Å². The summed E-state index contributed by atoms with van der Waals surface area (Å²) in [5, 5.41) is 3.74. The van der Waals surface area contributed by atoms with Gasteiger partial charge >= 0.3 is 0 Å². The smallest absolute Gasteiger partial charge is 0.173 e. The summed E-state index contributed by atoms with van der Waals surface area (Å²) in [4.78, 5) is 1.86. The first kappa shape index (κ1) is 16.2. The summed E-state index contributed by atoms with van der Waals surface area (Å²) in [5.74, 6) is 0.947. The number of thiocarbonyl (C=S) groups is 1. The fourth-order valence-corrected chi connectivity index (χ4v) is 4.45. The maximum absolute atomic E-state index is 11.5. The highest BCUT2D eigenvalue weighted by atomic mass is 32.2. The predicted molar refractivity (Wildman–Crippen MR) is 91.6 cm³/mol. The summed E-state index contributed by atoms with van der Waals surface area (Å²) in [6.07, 6.45) is 0.646. The molecule has 4 nitrogen and oxygen atoms in total. The van der Waals surface area contributed by atoms with E-state index in [0.29, 0.717) is 17.5 Å². The molecule has 116 valence electrons. The Morgan fingerprint density at radius 1 is 1.33 bits per heavy atom. The minimum Gasteiger partial charge on any atom is -0.348 e. The number of nitrogens with one attached hydrogen (secondary N) is 1. The lowest BCUT2D eigenvalue weighted by Crippen LogP contribution is -2.40. The van der Waals surface area contributed by atoms with Gasteiger partial charge in [-0.3, -0.25) is 0 Å². The van der Waals surface area contributed by atoms with Gasteiger partial charge in [0, 0.05) is 18.8 Å². The number of nitrogens with zero attached hydrogens (tertiary/aromatic N) is 1. The van der Waals surface area contributed by atoms with Crippen molar-refractivity contribution in [2.24, 2.45) is 0 Å². The first-order valence-corrected chi connectivity index (χ1v) is 9.35. The van der Waals surface area contributed by atoms with E-state index in [9.17, 15) is 8.42 Å². The summed E-state index contributed by atoms with van der Waals surface area (Å²) in [6.45, 7) is 4.31. The third-order valence-electron chi connectivity index (χ3n) is 3.91. The third-order valence-corrected chi connectivity index (χ3v) is 6.05. The third kappa shape index (κ3) is 4.17. The molecule has 0 radical (unpaired) electrons. The lowest BCUT2D eigenvalue weighted by molar-refractivity contribution is 0.402. The first-order valence-electron chi connectivity index (χ1n) is 7.13. The van der Waals surface area contributed by atoms with Crippen LogP contribution < -0.4 is 5.32 Å². The van der Waals surface area contributed by atoms with Crippen LogP contribution in [0.4, 0.5) is 5.69 Å². The molecule has 0 unspecified atom stereocenters. The lowest BCUT2D eigenvalue weighted by Gasteiger charge is -2.26. The Bertz CT molecular complexity index is 609. The molecule has 1 atom stereocenters. The zero-order chi connectivity index (χ0) is 15.6. The van der Waals surface area contributed by atoms with E-state index >= 15 is 0 Å². The number of benzene rings is 1. The zero-order valence-electron chi connectivity index (χ0n) is 12.7. The second-order valence-corrected chi connectivity index (χ2v) is 8.49. The van der Waals surface area contributed by atoms with Crippen LogP contribution in [0.2, 0.25) is 0 Å². The van der Waals surface area contributed by atoms with Gasteiger partial charge in [-0.05, 0) is 42.3 Å². The number of rotatable bonds is 3. The largest absolute Gasteiger partial charge is 0.348 e. The summed E-state index contributed by atoms with van der Waals surface area (Å²) in [5.41, 5.74) is 2.21. The molecule has 1 fully saturated rings. The minimum absolute atomic E-state index is 0.0232. The van der Waals surface area contributed by atoms with Gasteiger partial charge in [0.1, 0.15) is 0 Å². The second-order valence-electron chi connectivity index (χ2n) is 5.87. The molecule has 0 aromatic heterocycles. The van der Waals surface area contributed by atoms with E-state index in [-0.39, 0.29) is 17.5 Å². The summed E-state index contributed by atoms with van der Waals surface area (Å²) in [6, 6.07) is 8.14. The number of sulfone groups is 1. The van der Waals surface area contributed by atoms with Crippen molar-refractivity contribution >= 4 is 32.9 Å². The van der Waals surface area contributed by atoms with Gasteiger partial charge in [0.05, 0.1) is 11.5 Å². The maximum atomic E-state index is 11.5. The van der Waals surface area contributed by atoms with E-state index in [4.69, 9.17) is 12.2 Å². The van der Waals surface area contributed by atoms with Crippen LogP contribution >= 0.6 is 12.2 Å². The van der Waals surface area contributed by atoms with E-state index in [1.807, 2.05) is 24.1 Å². The molecule has 0 aliphatic carbocycles. The molecule has 1 heterocycles. The van der Waals surface area contributed by atoms with Crippen molar-refractivity contribution in [3.05, 3.63) is 29.8 Å². The van der Waals surface area contributed by atoms with E-state index in [2.05, 4.69) is 31.3 Å². The average molecular weight is 326 g/mol. The molecule has 21 heavy (non-hydrogen) atoms. The molecule has 1 N–H and O–H groups in total. The molecule has 0 saturated carbocycles. The van der Waals surface area contributed by atoms with Crippen molar-refractivity contribution in [2.45, 2.75) is 32.2 Å². The van der Waals surface area contributed by atoms with E-state index in [1.165, 1.54) is 5.56 Å². The fourth-order valence-electron chi connectivity index (χ4n) is 2.41. The molecule has 1 saturated heterocycles. The molecule has 0 bridgehead atoms. The summed E-state index contributed by atoms with van der Waals surface area (Å²) >= 11 is 5.37. The number of hydrogen-bond donors (Lipinski definition) is 1. The van der Waals surface area contributed by atoms with Gasteiger partial charge in [0.25, 0.3) is 0 Å². The van der Waals surface area contributed by atoms with Crippen LogP contribution in [0.5, 0.6) is 0 Å². The van der Waals surface area contributed by atoms with Gasteiger partial charge in [0.2, 0.25) is 0 Å². The summed E-state index contributed by atoms with van der Waals surface area (Å²) < 4.78 is 23.1. The van der Waals surface area contributed by atoms with Crippen molar-refractivity contribution in [3.63, 3.8) is 0 Å². The Morgan fingerprint density at radius 3 is 2.43 bits per heavy atom. The molecule has 0 spiro atoms. The van der Waals surface area contributed by atoms with E-state index in [0.717, 1.165) is 5.69 Å². The van der Waals surface area contributed by atoms with Crippen LogP contribution in [0.25, 0.3) is 0 Å². The Morgan fingerprint density at radius 2 is 1.95 bits per heavy atom. The van der Waals surface area contributed by atoms with Gasteiger partial charge in [-0.1, -0.05) is 26.0 Å². The van der Waals surface area contributed by atoms with Crippen LogP contribution in [0.3, 0.4) is 0 Å². The highest BCUT2D eigenvalue weighted by Crippen LogP contribution is 2.20. The van der Waals surface area contributed by atoms with Crippen molar-refractivity contribution < 1.29 is 8.42 Å². The molecule has 6 heteroatoms. The fraction of sp³-hybridized carbons (Fsp3) is 0.533. The molecule has 0 amide bonds. The zero-order valence-corrected chi connectivity index (χ0v) is 14.3. The van der Waals surface area contributed by atoms with E-state index < -0.39 is 9.84 Å². The van der Waals surface area contributed by atoms with Crippen LogP contribution in [0, 0.1) is 0 Å². The Labute approximate surface area is 132 Å². The molecule has 1 aromatic rings. The van der Waals surface area contributed by atoms with Crippen molar-refractivity contribution in [1.29, 1.82) is 0 Å². The number of anilines is 1. The van der Waals surface area contributed by atoms with Crippen molar-refractivity contribution in [2.75, 3.05) is 23.9 Å². The minimum atomic E-state index is -2.89. The summed E-state index contributed by atoms with van der Waals surface area (Å²) in [7, 11) is -1.04.